The number of nitrogens with one attached hydrogen (secondary N) is 2. The van der Waals surface area contributed by atoms with Crippen LogP contribution in [0, 0.1) is 11.7 Å². The van der Waals surface area contributed by atoms with Crippen LogP contribution in [-0.4, -0.2) is 17.1 Å². The minimum absolute atomic E-state index is 0.0186. The molecule has 1 aromatic rings. The summed E-state index contributed by atoms with van der Waals surface area (Å²) >= 11 is 0. The molecular formula is C15H24FN3. The Morgan fingerprint density at radius 2 is 2.11 bits per heavy atom. The van der Waals surface area contributed by atoms with E-state index < -0.39 is 0 Å². The smallest absolute Gasteiger partial charge is 0.169 e. The number of halogens is 1. The molecule has 0 atom stereocenters. The van der Waals surface area contributed by atoms with Crippen molar-refractivity contribution in [3.05, 3.63) is 23.6 Å². The molecule has 19 heavy (non-hydrogen) atoms. The van der Waals surface area contributed by atoms with Gasteiger partial charge >= 0.3 is 0 Å². The molecule has 1 fully saturated rings. The van der Waals surface area contributed by atoms with Crippen molar-refractivity contribution in [3.63, 3.8) is 0 Å². The third-order valence-electron chi connectivity index (χ3n) is 3.56. The van der Waals surface area contributed by atoms with Crippen molar-refractivity contribution in [3.8, 4) is 0 Å². The lowest BCUT2D eigenvalue weighted by Crippen LogP contribution is -2.35. The van der Waals surface area contributed by atoms with Crippen LogP contribution in [-0.2, 0) is 6.54 Å². The van der Waals surface area contributed by atoms with Gasteiger partial charge in [-0.15, -0.1) is 0 Å². The van der Waals surface area contributed by atoms with Gasteiger partial charge in [0.05, 0.1) is 0 Å². The van der Waals surface area contributed by atoms with Crippen LogP contribution in [0.1, 0.15) is 45.6 Å². The van der Waals surface area contributed by atoms with Gasteiger partial charge in [-0.25, -0.2) is 9.37 Å². The fourth-order valence-electron chi connectivity index (χ4n) is 2.04. The van der Waals surface area contributed by atoms with Crippen molar-refractivity contribution in [2.24, 2.45) is 5.92 Å². The van der Waals surface area contributed by atoms with E-state index in [0.717, 1.165) is 6.54 Å². The zero-order valence-corrected chi connectivity index (χ0v) is 12.1. The quantitative estimate of drug-likeness (QED) is 0.857. The molecule has 2 N–H and O–H groups in total. The topological polar surface area (TPSA) is 37.0 Å². The van der Waals surface area contributed by atoms with Gasteiger partial charge in [0.1, 0.15) is 0 Å². The molecule has 0 spiro atoms. The monoisotopic (exact) mass is 265 g/mol. The van der Waals surface area contributed by atoms with E-state index in [1.807, 2.05) is 0 Å². The summed E-state index contributed by atoms with van der Waals surface area (Å²) in [6.07, 6.45) is 5.48. The van der Waals surface area contributed by atoms with E-state index in [1.165, 1.54) is 19.3 Å². The highest BCUT2D eigenvalue weighted by atomic mass is 19.1. The van der Waals surface area contributed by atoms with Crippen LogP contribution in [0.3, 0.4) is 0 Å². The molecule has 1 aliphatic carbocycles. The minimum atomic E-state index is -0.224. The second kappa shape index (κ2) is 5.87. The van der Waals surface area contributed by atoms with Crippen LogP contribution >= 0.6 is 0 Å². The van der Waals surface area contributed by atoms with Crippen molar-refractivity contribution in [1.82, 2.24) is 10.3 Å². The highest BCUT2D eigenvalue weighted by molar-refractivity contribution is 5.40. The van der Waals surface area contributed by atoms with Crippen molar-refractivity contribution >= 4 is 5.82 Å². The summed E-state index contributed by atoms with van der Waals surface area (Å²) < 4.78 is 14.3. The van der Waals surface area contributed by atoms with Crippen molar-refractivity contribution in [1.29, 1.82) is 0 Å². The number of nitrogens with zero attached hydrogens (tertiary/aromatic N) is 1. The number of rotatable bonds is 5. The summed E-state index contributed by atoms with van der Waals surface area (Å²) in [5.41, 5.74) is 0.649. The summed E-state index contributed by atoms with van der Waals surface area (Å²) in [4.78, 5) is 4.10. The number of aromatic nitrogens is 1. The first kappa shape index (κ1) is 14.3. The van der Waals surface area contributed by atoms with E-state index in [-0.39, 0.29) is 11.4 Å². The Kier molecular flexibility index (Phi) is 4.40. The summed E-state index contributed by atoms with van der Waals surface area (Å²) in [5.74, 6) is 0.858. The van der Waals surface area contributed by atoms with E-state index >= 15 is 0 Å². The lowest BCUT2D eigenvalue weighted by molar-refractivity contribution is 0.332. The normalized spacial score (nSPS) is 16.2. The Morgan fingerprint density at radius 1 is 1.37 bits per heavy atom. The van der Waals surface area contributed by atoms with Crippen LogP contribution < -0.4 is 10.6 Å². The van der Waals surface area contributed by atoms with Gasteiger partial charge in [0.25, 0.3) is 0 Å². The highest BCUT2D eigenvalue weighted by Crippen LogP contribution is 2.26. The molecule has 1 heterocycles. The van der Waals surface area contributed by atoms with Gasteiger partial charge in [-0.05, 0) is 45.6 Å². The molecule has 0 saturated heterocycles. The van der Waals surface area contributed by atoms with Crippen molar-refractivity contribution in [2.45, 2.75) is 52.1 Å². The molecule has 1 aliphatic rings. The maximum atomic E-state index is 14.3. The molecule has 0 amide bonds. The Hall–Kier alpha value is -1.16. The number of hydrogen-bond acceptors (Lipinski definition) is 3. The summed E-state index contributed by atoms with van der Waals surface area (Å²) in [6, 6.07) is 1.74. The van der Waals surface area contributed by atoms with Gasteiger partial charge < -0.3 is 10.6 Å². The first-order chi connectivity index (χ1) is 8.96. The second-order valence-corrected chi connectivity index (χ2v) is 6.41. The molecule has 1 saturated carbocycles. The number of pyridine rings is 1. The SMILES string of the molecule is CC(C)(C)NCc1ccnc(NCC2CCC2)c1F. The molecule has 1 aromatic heterocycles. The third kappa shape index (κ3) is 4.16. The molecule has 0 unspecified atom stereocenters. The Morgan fingerprint density at radius 3 is 2.68 bits per heavy atom. The summed E-state index contributed by atoms with van der Waals surface area (Å²) in [6.45, 7) is 7.57. The lowest BCUT2D eigenvalue weighted by Gasteiger charge is -2.26. The number of hydrogen-bond donors (Lipinski definition) is 2. The minimum Gasteiger partial charge on any atom is -0.367 e. The fourth-order valence-corrected chi connectivity index (χ4v) is 2.04. The average molecular weight is 265 g/mol. The highest BCUT2D eigenvalue weighted by Gasteiger charge is 2.18. The lowest BCUT2D eigenvalue weighted by atomic mass is 9.85. The molecule has 2 rings (SSSR count). The fraction of sp³-hybridized carbons (Fsp3) is 0.667. The van der Waals surface area contributed by atoms with E-state index in [1.54, 1.807) is 12.3 Å². The summed E-state index contributed by atoms with van der Waals surface area (Å²) in [7, 11) is 0. The van der Waals surface area contributed by atoms with Crippen LogP contribution in [0.2, 0.25) is 0 Å². The van der Waals surface area contributed by atoms with Gasteiger partial charge in [-0.2, -0.15) is 0 Å². The summed E-state index contributed by atoms with van der Waals surface area (Å²) in [5, 5.41) is 6.44. The van der Waals surface area contributed by atoms with Gasteiger partial charge in [-0.1, -0.05) is 6.42 Å². The van der Waals surface area contributed by atoms with Gasteiger partial charge in [0.15, 0.2) is 11.6 Å². The van der Waals surface area contributed by atoms with Crippen molar-refractivity contribution in [2.75, 3.05) is 11.9 Å². The Balaban J connectivity index is 1.96. The molecule has 0 radical (unpaired) electrons. The van der Waals surface area contributed by atoms with Crippen LogP contribution in [0.4, 0.5) is 10.2 Å². The van der Waals surface area contributed by atoms with Crippen molar-refractivity contribution < 1.29 is 4.39 Å². The predicted molar refractivity (Wildman–Crippen MR) is 76.6 cm³/mol. The zero-order valence-electron chi connectivity index (χ0n) is 12.1. The van der Waals surface area contributed by atoms with Crippen LogP contribution in [0.25, 0.3) is 0 Å². The molecule has 0 bridgehead atoms. The molecular weight excluding hydrogens is 241 g/mol. The first-order valence-electron chi connectivity index (χ1n) is 7.08. The maximum absolute atomic E-state index is 14.3. The standard InChI is InChI=1S/C15H24FN3/c1-15(2,3)19-10-12-7-8-17-14(13(12)16)18-9-11-5-4-6-11/h7-8,11,19H,4-6,9-10H2,1-3H3,(H,17,18). The largest absolute Gasteiger partial charge is 0.367 e. The van der Waals surface area contributed by atoms with Gasteiger partial charge in [0.2, 0.25) is 0 Å². The van der Waals surface area contributed by atoms with Crippen LogP contribution in [0.5, 0.6) is 0 Å². The predicted octanol–water partition coefficient (Wildman–Crippen LogP) is 3.32. The van der Waals surface area contributed by atoms with Crippen LogP contribution in [0.15, 0.2) is 12.3 Å². The molecule has 3 nitrogen and oxygen atoms in total. The molecule has 106 valence electrons. The maximum Gasteiger partial charge on any atom is 0.169 e. The number of anilines is 1. The second-order valence-electron chi connectivity index (χ2n) is 6.41. The third-order valence-corrected chi connectivity index (χ3v) is 3.56. The van der Waals surface area contributed by atoms with Gasteiger partial charge in [0, 0.05) is 30.4 Å². The van der Waals surface area contributed by atoms with E-state index in [9.17, 15) is 4.39 Å². The molecule has 0 aliphatic heterocycles. The Bertz CT molecular complexity index is 422. The average Bonchev–Trinajstić information content (AvgIpc) is 2.26. The van der Waals surface area contributed by atoms with E-state index in [2.05, 4.69) is 36.4 Å². The molecule has 0 aromatic carbocycles. The van der Waals surface area contributed by atoms with Gasteiger partial charge in [-0.3, -0.25) is 0 Å². The van der Waals surface area contributed by atoms with E-state index in [0.29, 0.717) is 23.8 Å². The molecule has 4 heteroatoms. The zero-order chi connectivity index (χ0) is 13.9. The van der Waals surface area contributed by atoms with E-state index in [4.69, 9.17) is 0 Å². The first-order valence-corrected chi connectivity index (χ1v) is 7.08. The Labute approximate surface area is 115 Å².